The van der Waals surface area contributed by atoms with Crippen molar-refractivity contribution in [1.29, 1.82) is 0 Å². The van der Waals surface area contributed by atoms with Gasteiger partial charge in [0.25, 0.3) is 0 Å². The number of hydrogen-bond donors (Lipinski definition) is 0. The number of nitrogens with zero attached hydrogens (tertiary/aromatic N) is 1. The van der Waals surface area contributed by atoms with Gasteiger partial charge in [-0.3, -0.25) is 14.4 Å². The third-order valence-corrected chi connectivity index (χ3v) is 5.81. The molecule has 28 heavy (non-hydrogen) atoms. The fourth-order valence-electron chi connectivity index (χ4n) is 2.68. The van der Waals surface area contributed by atoms with Crippen LogP contribution in [0.3, 0.4) is 0 Å². The highest BCUT2D eigenvalue weighted by Crippen LogP contribution is 2.33. The molecule has 0 radical (unpaired) electrons. The number of anilines is 1. The fraction of sp³-hybridized carbons (Fsp3) is 0.591. The number of ether oxygens (including phenoxy) is 1. The van der Waals surface area contributed by atoms with Crippen LogP contribution in [-0.2, 0) is 25.5 Å². The van der Waals surface area contributed by atoms with Gasteiger partial charge in [0.2, 0.25) is 11.8 Å². The second-order valence-electron chi connectivity index (χ2n) is 9.70. The zero-order valence-electron chi connectivity index (χ0n) is 17.7. The van der Waals surface area contributed by atoms with Gasteiger partial charge < -0.3 is 4.74 Å². The van der Waals surface area contributed by atoms with Crippen molar-refractivity contribution in [3.63, 3.8) is 0 Å². The molecule has 1 saturated heterocycles. The predicted molar refractivity (Wildman–Crippen MR) is 113 cm³/mol. The van der Waals surface area contributed by atoms with Crippen molar-refractivity contribution < 1.29 is 19.1 Å². The van der Waals surface area contributed by atoms with E-state index in [9.17, 15) is 14.4 Å². The summed E-state index contributed by atoms with van der Waals surface area (Å²) in [5.41, 5.74) is 1.25. The maximum absolute atomic E-state index is 12.8. The minimum Gasteiger partial charge on any atom is -0.465 e. The Labute approximate surface area is 172 Å². The molecule has 0 aromatic heterocycles. The molecular weight excluding hydrogens is 374 g/mol. The largest absolute Gasteiger partial charge is 0.465 e. The van der Waals surface area contributed by atoms with Gasteiger partial charge in [0.1, 0.15) is 0 Å². The average Bonchev–Trinajstić information content (AvgIpc) is 2.84. The van der Waals surface area contributed by atoms with Gasteiger partial charge in [-0.2, -0.15) is 0 Å². The molecule has 0 bridgehead atoms. The monoisotopic (exact) mass is 405 g/mol. The van der Waals surface area contributed by atoms with E-state index in [2.05, 4.69) is 20.8 Å². The molecule has 2 rings (SSSR count). The molecule has 1 aliphatic rings. The number of benzene rings is 1. The average molecular weight is 406 g/mol. The van der Waals surface area contributed by atoms with E-state index < -0.39 is 0 Å². The third kappa shape index (κ3) is 6.66. The summed E-state index contributed by atoms with van der Waals surface area (Å²) >= 11 is 1.54. The zero-order chi connectivity index (χ0) is 21.1. The summed E-state index contributed by atoms with van der Waals surface area (Å²) in [5.74, 6) is 0.129. The highest BCUT2D eigenvalue weighted by molar-refractivity contribution is 8.00. The predicted octanol–water partition coefficient (Wildman–Crippen LogP) is 4.23. The molecule has 1 unspecified atom stereocenters. The summed E-state index contributed by atoms with van der Waals surface area (Å²) in [7, 11) is 0. The molecule has 0 N–H and O–H groups in total. The van der Waals surface area contributed by atoms with Crippen molar-refractivity contribution in [2.24, 2.45) is 10.8 Å². The lowest BCUT2D eigenvalue weighted by Crippen LogP contribution is -2.31. The summed E-state index contributed by atoms with van der Waals surface area (Å²) in [6.07, 6.45) is 0.333. The smallest absolute Gasteiger partial charge is 0.310 e. The zero-order valence-corrected chi connectivity index (χ0v) is 18.5. The van der Waals surface area contributed by atoms with E-state index in [0.717, 1.165) is 11.3 Å². The standard InChI is InChI=1S/C22H31NO4S/c1-21(2,3)13-27-19(25)11-15-8-7-9-16(10-15)23-18(24)12-17(20(23)26)28-14-22(4,5)6/h7-10,17H,11-14H2,1-6H3. The van der Waals surface area contributed by atoms with Gasteiger partial charge in [0.15, 0.2) is 0 Å². The molecule has 1 aromatic rings. The Hall–Kier alpha value is -1.82. The second kappa shape index (κ2) is 8.68. The van der Waals surface area contributed by atoms with Gasteiger partial charge in [-0.15, -0.1) is 11.8 Å². The van der Waals surface area contributed by atoms with E-state index in [1.54, 1.807) is 24.3 Å². The van der Waals surface area contributed by atoms with Crippen molar-refractivity contribution in [1.82, 2.24) is 0 Å². The molecule has 1 heterocycles. The highest BCUT2D eigenvalue weighted by Gasteiger charge is 2.40. The molecule has 5 nitrogen and oxygen atoms in total. The second-order valence-corrected chi connectivity index (χ2v) is 10.9. The molecule has 0 aliphatic carbocycles. The first-order valence-corrected chi connectivity index (χ1v) is 10.6. The number of rotatable bonds is 6. The molecule has 0 saturated carbocycles. The molecule has 1 fully saturated rings. The minimum atomic E-state index is -0.341. The van der Waals surface area contributed by atoms with Crippen LogP contribution in [0.25, 0.3) is 0 Å². The summed E-state index contributed by atoms with van der Waals surface area (Å²) in [4.78, 5) is 38.6. The molecule has 154 valence electrons. The summed E-state index contributed by atoms with van der Waals surface area (Å²) < 4.78 is 5.31. The number of amides is 2. The van der Waals surface area contributed by atoms with Crippen LogP contribution in [0.1, 0.15) is 53.5 Å². The van der Waals surface area contributed by atoms with Crippen LogP contribution in [0.2, 0.25) is 0 Å². The van der Waals surface area contributed by atoms with Crippen LogP contribution in [0, 0.1) is 10.8 Å². The van der Waals surface area contributed by atoms with Gasteiger partial charge in [-0.25, -0.2) is 4.90 Å². The number of thioether (sulfide) groups is 1. The van der Waals surface area contributed by atoms with Crippen molar-refractivity contribution >= 4 is 35.2 Å². The van der Waals surface area contributed by atoms with Crippen LogP contribution in [0.15, 0.2) is 24.3 Å². The van der Waals surface area contributed by atoms with Gasteiger partial charge in [0, 0.05) is 6.42 Å². The Morgan fingerprint density at radius 1 is 1.14 bits per heavy atom. The normalized spacial score (nSPS) is 17.9. The van der Waals surface area contributed by atoms with Crippen molar-refractivity contribution in [3.05, 3.63) is 29.8 Å². The molecule has 2 amide bonds. The molecular formula is C22H31NO4S. The number of carbonyl (C=O) groups excluding carboxylic acids is 3. The van der Waals surface area contributed by atoms with Crippen LogP contribution < -0.4 is 4.90 Å². The quantitative estimate of drug-likeness (QED) is 0.523. The Bertz CT molecular complexity index is 746. The van der Waals surface area contributed by atoms with Crippen LogP contribution >= 0.6 is 11.8 Å². The summed E-state index contributed by atoms with van der Waals surface area (Å²) in [5, 5.41) is -0.341. The van der Waals surface area contributed by atoms with E-state index in [4.69, 9.17) is 4.74 Å². The van der Waals surface area contributed by atoms with Crippen molar-refractivity contribution in [3.8, 4) is 0 Å². The Morgan fingerprint density at radius 3 is 2.43 bits per heavy atom. The van der Waals surface area contributed by atoms with Crippen LogP contribution in [0.4, 0.5) is 5.69 Å². The molecule has 1 aliphatic heterocycles. The van der Waals surface area contributed by atoms with E-state index in [1.807, 2.05) is 20.8 Å². The van der Waals surface area contributed by atoms with Gasteiger partial charge >= 0.3 is 5.97 Å². The SMILES string of the molecule is CC(C)(C)COC(=O)Cc1cccc(N2C(=O)CC(SCC(C)(C)C)C2=O)c1. The minimum absolute atomic E-state index is 0.0916. The molecule has 1 atom stereocenters. The Morgan fingerprint density at radius 2 is 1.82 bits per heavy atom. The number of esters is 1. The lowest BCUT2D eigenvalue weighted by Gasteiger charge is -2.20. The van der Waals surface area contributed by atoms with E-state index in [0.29, 0.717) is 12.3 Å². The van der Waals surface area contributed by atoms with Gasteiger partial charge in [0.05, 0.1) is 24.0 Å². The molecule has 1 aromatic carbocycles. The highest BCUT2D eigenvalue weighted by atomic mass is 32.2. The fourth-order valence-corrected chi connectivity index (χ4v) is 3.89. The van der Waals surface area contributed by atoms with E-state index in [1.165, 1.54) is 16.7 Å². The first-order chi connectivity index (χ1) is 12.9. The Balaban J connectivity index is 2.05. The summed E-state index contributed by atoms with van der Waals surface area (Å²) in [6, 6.07) is 7.03. The maximum atomic E-state index is 12.8. The number of hydrogen-bond acceptors (Lipinski definition) is 5. The third-order valence-electron chi connectivity index (χ3n) is 4.01. The number of imide groups is 1. The van der Waals surface area contributed by atoms with Crippen molar-refractivity contribution in [2.45, 2.75) is 59.6 Å². The van der Waals surface area contributed by atoms with Gasteiger partial charge in [-0.1, -0.05) is 53.7 Å². The molecule has 0 spiro atoms. The first kappa shape index (κ1) is 22.5. The summed E-state index contributed by atoms with van der Waals surface area (Å²) in [6.45, 7) is 12.7. The lowest BCUT2D eigenvalue weighted by molar-refractivity contribution is -0.145. The molecule has 6 heteroatoms. The Kier molecular flexibility index (Phi) is 6.97. The van der Waals surface area contributed by atoms with E-state index >= 15 is 0 Å². The van der Waals surface area contributed by atoms with Crippen LogP contribution in [-0.4, -0.2) is 35.4 Å². The van der Waals surface area contributed by atoms with E-state index in [-0.39, 0.29) is 46.7 Å². The van der Waals surface area contributed by atoms with Crippen molar-refractivity contribution in [2.75, 3.05) is 17.3 Å². The van der Waals surface area contributed by atoms with Crippen LogP contribution in [0.5, 0.6) is 0 Å². The topological polar surface area (TPSA) is 63.7 Å². The number of carbonyl (C=O) groups is 3. The first-order valence-electron chi connectivity index (χ1n) is 9.59. The van der Waals surface area contributed by atoms with Gasteiger partial charge in [-0.05, 0) is 34.3 Å². The lowest BCUT2D eigenvalue weighted by atomic mass is 9.99. The maximum Gasteiger partial charge on any atom is 0.310 e.